The van der Waals surface area contributed by atoms with Crippen molar-refractivity contribution in [3.63, 3.8) is 0 Å². The molecule has 23 heavy (non-hydrogen) atoms. The maximum absolute atomic E-state index is 11.8. The number of carbonyl (C=O) groups excluding carboxylic acids is 1. The summed E-state index contributed by atoms with van der Waals surface area (Å²) >= 11 is 0. The Balaban J connectivity index is 2.44. The van der Waals surface area contributed by atoms with Gasteiger partial charge in [-0.05, 0) is 51.4 Å². The summed E-state index contributed by atoms with van der Waals surface area (Å²) < 4.78 is 5.31. The van der Waals surface area contributed by atoms with Crippen molar-refractivity contribution in [3.05, 3.63) is 0 Å². The predicted octanol–water partition coefficient (Wildman–Crippen LogP) is 3.07. The van der Waals surface area contributed by atoms with Crippen LogP contribution in [0.1, 0.15) is 66.7 Å². The average Bonchev–Trinajstić information content (AvgIpc) is 2.42. The first-order valence-corrected chi connectivity index (χ1v) is 8.94. The maximum Gasteiger partial charge on any atom is 0.407 e. The Morgan fingerprint density at radius 3 is 2.43 bits per heavy atom. The van der Waals surface area contributed by atoms with Crippen molar-refractivity contribution in [1.82, 2.24) is 10.6 Å². The van der Waals surface area contributed by atoms with E-state index in [0.29, 0.717) is 18.5 Å². The van der Waals surface area contributed by atoms with Gasteiger partial charge in [-0.1, -0.05) is 26.7 Å². The zero-order valence-electron chi connectivity index (χ0n) is 15.6. The molecule has 1 aliphatic rings. The van der Waals surface area contributed by atoms with Gasteiger partial charge in [-0.25, -0.2) is 4.79 Å². The summed E-state index contributed by atoms with van der Waals surface area (Å²) in [6.07, 6.45) is 5.21. The molecule has 0 spiro atoms. The molecule has 5 nitrogen and oxygen atoms in total. The van der Waals surface area contributed by atoms with Crippen LogP contribution in [0.25, 0.3) is 0 Å². The average molecular weight is 328 g/mol. The Morgan fingerprint density at radius 1 is 1.17 bits per heavy atom. The molecule has 0 aromatic heterocycles. The van der Waals surface area contributed by atoms with E-state index < -0.39 is 5.60 Å². The van der Waals surface area contributed by atoms with Crippen LogP contribution in [0.4, 0.5) is 4.79 Å². The summed E-state index contributed by atoms with van der Waals surface area (Å²) in [5, 5.41) is 15.7. The van der Waals surface area contributed by atoms with Gasteiger partial charge < -0.3 is 20.5 Å². The predicted molar refractivity (Wildman–Crippen MR) is 93.5 cm³/mol. The lowest BCUT2D eigenvalue weighted by atomic mass is 9.83. The van der Waals surface area contributed by atoms with Crippen molar-refractivity contribution in [2.45, 2.75) is 78.4 Å². The first-order valence-electron chi connectivity index (χ1n) is 8.94. The normalized spacial score (nSPS) is 22.7. The highest BCUT2D eigenvalue weighted by atomic mass is 16.6. The van der Waals surface area contributed by atoms with Gasteiger partial charge in [0.1, 0.15) is 5.60 Å². The Kier molecular flexibility index (Phi) is 7.81. The van der Waals surface area contributed by atoms with E-state index in [1.54, 1.807) is 0 Å². The van der Waals surface area contributed by atoms with Crippen molar-refractivity contribution in [1.29, 1.82) is 0 Å². The molecule has 1 aliphatic carbocycles. The van der Waals surface area contributed by atoms with Crippen molar-refractivity contribution >= 4 is 6.09 Å². The summed E-state index contributed by atoms with van der Waals surface area (Å²) in [5.41, 5.74) is -0.363. The lowest BCUT2D eigenvalue weighted by Gasteiger charge is -2.35. The summed E-state index contributed by atoms with van der Waals surface area (Å²) in [6, 6.07) is 0.427. The number of ether oxygens (including phenoxy) is 1. The van der Waals surface area contributed by atoms with Crippen LogP contribution in [-0.4, -0.2) is 42.5 Å². The Bertz CT molecular complexity index is 364. The molecule has 0 radical (unpaired) electrons. The molecule has 1 rings (SSSR count). The van der Waals surface area contributed by atoms with Crippen molar-refractivity contribution in [3.8, 4) is 0 Å². The van der Waals surface area contributed by atoms with Crippen LogP contribution < -0.4 is 10.6 Å². The second kappa shape index (κ2) is 8.88. The highest BCUT2D eigenvalue weighted by molar-refractivity contribution is 5.67. The van der Waals surface area contributed by atoms with Gasteiger partial charge in [0.2, 0.25) is 0 Å². The Morgan fingerprint density at radius 2 is 1.83 bits per heavy atom. The van der Waals surface area contributed by atoms with Crippen LogP contribution in [0.3, 0.4) is 0 Å². The number of rotatable bonds is 7. The Labute approximate surface area is 141 Å². The maximum atomic E-state index is 11.8. The van der Waals surface area contributed by atoms with E-state index in [4.69, 9.17) is 9.84 Å². The molecule has 0 aliphatic heterocycles. The molecular formula is C18H36N2O3. The van der Waals surface area contributed by atoms with Gasteiger partial charge in [-0.2, -0.15) is 0 Å². The summed E-state index contributed by atoms with van der Waals surface area (Å²) in [7, 11) is 0. The second-order valence-electron chi connectivity index (χ2n) is 8.55. The van der Waals surface area contributed by atoms with Gasteiger partial charge >= 0.3 is 6.09 Å². The van der Waals surface area contributed by atoms with E-state index in [0.717, 1.165) is 25.8 Å². The minimum absolute atomic E-state index is 0.0926. The molecule has 0 saturated heterocycles. The number of hydrogen-bond acceptors (Lipinski definition) is 4. The molecule has 0 heterocycles. The zero-order chi connectivity index (χ0) is 17.5. The standard InChI is InChI=1S/C18H36N2O3/c1-17(2,3)23-16(22)19-12-14-8-6-7-9-15(14)20-13-18(4,5)10-11-21/h14-15,20-21H,6-13H2,1-5H3,(H,19,22). The first-order chi connectivity index (χ1) is 10.6. The van der Waals surface area contributed by atoms with Crippen LogP contribution in [0.2, 0.25) is 0 Å². The van der Waals surface area contributed by atoms with Gasteiger partial charge in [-0.3, -0.25) is 0 Å². The molecule has 1 amide bonds. The number of aliphatic hydroxyl groups is 1. The Hall–Kier alpha value is -0.810. The zero-order valence-corrected chi connectivity index (χ0v) is 15.6. The lowest BCUT2D eigenvalue weighted by Crippen LogP contribution is -2.47. The number of amides is 1. The van der Waals surface area contributed by atoms with Gasteiger partial charge in [0.15, 0.2) is 0 Å². The van der Waals surface area contributed by atoms with E-state index in [9.17, 15) is 4.79 Å². The largest absolute Gasteiger partial charge is 0.444 e. The summed E-state index contributed by atoms with van der Waals surface area (Å²) in [4.78, 5) is 11.8. The van der Waals surface area contributed by atoms with Gasteiger partial charge in [0, 0.05) is 25.7 Å². The molecule has 136 valence electrons. The third-order valence-electron chi connectivity index (χ3n) is 4.45. The molecule has 2 atom stereocenters. The molecule has 1 saturated carbocycles. The van der Waals surface area contributed by atoms with Gasteiger partial charge in [0.05, 0.1) is 0 Å². The van der Waals surface area contributed by atoms with Crippen molar-refractivity contribution in [2.75, 3.05) is 19.7 Å². The third-order valence-corrected chi connectivity index (χ3v) is 4.45. The van der Waals surface area contributed by atoms with Gasteiger partial charge in [-0.15, -0.1) is 0 Å². The molecular weight excluding hydrogens is 292 g/mol. The summed E-state index contributed by atoms with van der Waals surface area (Å²) in [6.45, 7) is 11.7. The fraction of sp³-hybridized carbons (Fsp3) is 0.944. The lowest BCUT2D eigenvalue weighted by molar-refractivity contribution is 0.0509. The van der Waals surface area contributed by atoms with Crippen LogP contribution in [0.5, 0.6) is 0 Å². The topological polar surface area (TPSA) is 70.6 Å². The number of hydrogen-bond donors (Lipinski definition) is 3. The van der Waals surface area contributed by atoms with Crippen LogP contribution in [0.15, 0.2) is 0 Å². The SMILES string of the molecule is CC(C)(CCO)CNC1CCCCC1CNC(=O)OC(C)(C)C. The number of aliphatic hydroxyl groups excluding tert-OH is 1. The molecule has 3 N–H and O–H groups in total. The summed E-state index contributed by atoms with van der Waals surface area (Å²) in [5.74, 6) is 0.446. The van der Waals surface area contributed by atoms with E-state index in [1.807, 2.05) is 20.8 Å². The molecule has 0 bridgehead atoms. The quantitative estimate of drug-likeness (QED) is 0.672. The number of alkyl carbamates (subject to hydrolysis) is 1. The van der Waals surface area contributed by atoms with Crippen LogP contribution in [0, 0.1) is 11.3 Å². The third kappa shape index (κ3) is 8.56. The minimum Gasteiger partial charge on any atom is -0.444 e. The van der Waals surface area contributed by atoms with E-state index >= 15 is 0 Å². The minimum atomic E-state index is -0.456. The van der Waals surface area contributed by atoms with E-state index in [-0.39, 0.29) is 18.1 Å². The molecule has 1 fully saturated rings. The number of nitrogens with one attached hydrogen (secondary N) is 2. The van der Waals surface area contributed by atoms with Crippen molar-refractivity contribution in [2.24, 2.45) is 11.3 Å². The number of carbonyl (C=O) groups is 1. The smallest absolute Gasteiger partial charge is 0.407 e. The second-order valence-corrected chi connectivity index (χ2v) is 8.55. The van der Waals surface area contributed by atoms with E-state index in [2.05, 4.69) is 24.5 Å². The van der Waals surface area contributed by atoms with Crippen LogP contribution in [-0.2, 0) is 4.74 Å². The van der Waals surface area contributed by atoms with Gasteiger partial charge in [0.25, 0.3) is 0 Å². The first kappa shape index (κ1) is 20.2. The highest BCUT2D eigenvalue weighted by Gasteiger charge is 2.28. The van der Waals surface area contributed by atoms with Crippen LogP contribution >= 0.6 is 0 Å². The highest BCUT2D eigenvalue weighted by Crippen LogP contribution is 2.26. The molecule has 5 heteroatoms. The molecule has 2 unspecified atom stereocenters. The van der Waals surface area contributed by atoms with Crippen molar-refractivity contribution < 1.29 is 14.6 Å². The van der Waals surface area contributed by atoms with E-state index in [1.165, 1.54) is 12.8 Å². The molecule has 0 aromatic rings. The molecule has 0 aromatic carbocycles. The fourth-order valence-electron chi connectivity index (χ4n) is 3.05. The fourth-order valence-corrected chi connectivity index (χ4v) is 3.05. The monoisotopic (exact) mass is 328 g/mol.